The lowest BCUT2D eigenvalue weighted by Gasteiger charge is -2.20. The molecule has 4 nitrogen and oxygen atoms in total. The van der Waals surface area contributed by atoms with Crippen LogP contribution in [0.3, 0.4) is 0 Å². The number of hydrogen-bond acceptors (Lipinski definition) is 4. The van der Waals surface area contributed by atoms with Gasteiger partial charge in [-0.05, 0) is 30.2 Å². The Kier molecular flexibility index (Phi) is 4.36. The van der Waals surface area contributed by atoms with E-state index in [1.807, 2.05) is 12.1 Å². The van der Waals surface area contributed by atoms with Crippen molar-refractivity contribution in [2.45, 2.75) is 19.9 Å². The van der Waals surface area contributed by atoms with Crippen LogP contribution in [0.15, 0.2) is 42.6 Å². The average molecular weight is 256 g/mol. The molecule has 0 amide bonds. The van der Waals surface area contributed by atoms with Crippen LogP contribution in [0.1, 0.15) is 18.1 Å². The molecule has 1 heterocycles. The van der Waals surface area contributed by atoms with Gasteiger partial charge >= 0.3 is 0 Å². The molecule has 0 aliphatic heterocycles. The number of aromatic nitrogens is 1. The first kappa shape index (κ1) is 13.4. The Morgan fingerprint density at radius 3 is 2.58 bits per heavy atom. The molecular formula is C15H20N4. The molecule has 0 unspecified atom stereocenters. The summed E-state index contributed by atoms with van der Waals surface area (Å²) in [5.74, 6) is 6.19. The maximum Gasteiger partial charge on any atom is 0.144 e. The molecule has 0 aliphatic rings. The van der Waals surface area contributed by atoms with Crippen molar-refractivity contribution in [1.29, 1.82) is 0 Å². The quantitative estimate of drug-likeness (QED) is 0.637. The zero-order valence-corrected chi connectivity index (χ0v) is 11.4. The van der Waals surface area contributed by atoms with Crippen molar-refractivity contribution in [2.75, 3.05) is 17.4 Å². The van der Waals surface area contributed by atoms with Crippen LogP contribution in [0.25, 0.3) is 0 Å². The molecule has 1 aromatic heterocycles. The van der Waals surface area contributed by atoms with E-state index in [0.29, 0.717) is 0 Å². The fourth-order valence-electron chi connectivity index (χ4n) is 2.03. The predicted octanol–water partition coefficient (Wildman–Crippen LogP) is 2.57. The maximum atomic E-state index is 5.47. The highest BCUT2D eigenvalue weighted by molar-refractivity contribution is 5.50. The van der Waals surface area contributed by atoms with E-state index in [1.54, 1.807) is 6.20 Å². The summed E-state index contributed by atoms with van der Waals surface area (Å²) in [5, 5.41) is 0. The summed E-state index contributed by atoms with van der Waals surface area (Å²) >= 11 is 0. The van der Waals surface area contributed by atoms with Gasteiger partial charge in [-0.25, -0.2) is 10.8 Å². The van der Waals surface area contributed by atoms with E-state index < -0.39 is 0 Å². The lowest BCUT2D eigenvalue weighted by Crippen LogP contribution is -2.19. The number of nitrogens with two attached hydrogens (primary N) is 1. The monoisotopic (exact) mass is 256 g/mol. The van der Waals surface area contributed by atoms with Gasteiger partial charge in [-0.2, -0.15) is 0 Å². The van der Waals surface area contributed by atoms with E-state index in [0.717, 1.165) is 24.3 Å². The Bertz CT molecular complexity index is 522. The zero-order valence-electron chi connectivity index (χ0n) is 11.4. The normalized spacial score (nSPS) is 10.3. The van der Waals surface area contributed by atoms with Gasteiger partial charge < -0.3 is 10.3 Å². The summed E-state index contributed by atoms with van der Waals surface area (Å²) < 4.78 is 0. The number of benzene rings is 1. The lowest BCUT2D eigenvalue weighted by atomic mass is 10.1. The lowest BCUT2D eigenvalue weighted by molar-refractivity contribution is 0.913. The topological polar surface area (TPSA) is 54.2 Å². The van der Waals surface area contributed by atoms with Crippen molar-refractivity contribution in [1.82, 2.24) is 4.98 Å². The van der Waals surface area contributed by atoms with Gasteiger partial charge in [-0.3, -0.25) is 0 Å². The van der Waals surface area contributed by atoms with E-state index in [1.165, 1.54) is 11.3 Å². The number of pyridine rings is 1. The molecule has 0 radical (unpaired) electrons. The number of nitrogens with zero attached hydrogens (tertiary/aromatic N) is 2. The van der Waals surface area contributed by atoms with Gasteiger partial charge in [0.25, 0.3) is 0 Å². The number of aryl methyl sites for hydroxylation is 1. The summed E-state index contributed by atoms with van der Waals surface area (Å²) in [6.07, 6.45) is 2.79. The third-order valence-corrected chi connectivity index (χ3v) is 3.22. The van der Waals surface area contributed by atoms with Crippen LogP contribution in [0, 0.1) is 0 Å². The first-order valence-electron chi connectivity index (χ1n) is 6.45. The van der Waals surface area contributed by atoms with E-state index in [9.17, 15) is 0 Å². The fraction of sp³-hybridized carbons (Fsp3) is 0.267. The highest BCUT2D eigenvalue weighted by atomic mass is 15.3. The molecule has 0 bridgehead atoms. The van der Waals surface area contributed by atoms with Crippen LogP contribution in [0.2, 0.25) is 0 Å². The maximum absolute atomic E-state index is 5.47. The van der Waals surface area contributed by atoms with E-state index >= 15 is 0 Å². The van der Waals surface area contributed by atoms with Crippen LogP contribution in [-0.2, 0) is 13.0 Å². The molecular weight excluding hydrogens is 236 g/mol. The van der Waals surface area contributed by atoms with Crippen molar-refractivity contribution >= 4 is 11.5 Å². The second-order valence-corrected chi connectivity index (χ2v) is 4.53. The molecule has 0 saturated carbocycles. The Morgan fingerprint density at radius 2 is 1.95 bits per heavy atom. The predicted molar refractivity (Wildman–Crippen MR) is 80.0 cm³/mol. The highest BCUT2D eigenvalue weighted by Crippen LogP contribution is 2.19. The summed E-state index contributed by atoms with van der Waals surface area (Å²) in [6.45, 7) is 2.92. The third-order valence-electron chi connectivity index (χ3n) is 3.22. The van der Waals surface area contributed by atoms with Gasteiger partial charge in [0.15, 0.2) is 0 Å². The van der Waals surface area contributed by atoms with Gasteiger partial charge in [-0.15, -0.1) is 0 Å². The molecule has 100 valence electrons. The number of rotatable bonds is 5. The molecule has 2 rings (SSSR count). The number of nitrogens with one attached hydrogen (secondary N) is 1. The van der Waals surface area contributed by atoms with Crippen molar-refractivity contribution in [3.63, 3.8) is 0 Å². The first-order chi connectivity index (χ1) is 9.24. The van der Waals surface area contributed by atoms with Gasteiger partial charge in [0.2, 0.25) is 0 Å². The van der Waals surface area contributed by atoms with E-state index in [2.05, 4.69) is 53.5 Å². The Hall–Kier alpha value is -2.07. The highest BCUT2D eigenvalue weighted by Gasteiger charge is 2.06. The summed E-state index contributed by atoms with van der Waals surface area (Å²) in [6, 6.07) is 12.6. The summed E-state index contributed by atoms with van der Waals surface area (Å²) in [4.78, 5) is 6.39. The van der Waals surface area contributed by atoms with Crippen molar-refractivity contribution < 1.29 is 0 Å². The average Bonchev–Trinajstić information content (AvgIpc) is 2.48. The minimum absolute atomic E-state index is 0.722. The molecule has 0 fully saturated rings. The SMILES string of the molecule is CCc1ccc(N(C)Cc2cccnc2NN)cc1. The van der Waals surface area contributed by atoms with Crippen LogP contribution in [-0.4, -0.2) is 12.0 Å². The molecule has 0 saturated heterocycles. The largest absolute Gasteiger partial charge is 0.370 e. The third kappa shape index (κ3) is 3.23. The van der Waals surface area contributed by atoms with Crippen LogP contribution < -0.4 is 16.2 Å². The first-order valence-corrected chi connectivity index (χ1v) is 6.45. The zero-order chi connectivity index (χ0) is 13.7. The van der Waals surface area contributed by atoms with E-state index in [4.69, 9.17) is 5.84 Å². The Morgan fingerprint density at radius 1 is 1.21 bits per heavy atom. The summed E-state index contributed by atoms with van der Waals surface area (Å²) in [5.41, 5.74) is 6.24. The minimum Gasteiger partial charge on any atom is -0.370 e. The second kappa shape index (κ2) is 6.20. The molecule has 0 atom stereocenters. The molecule has 19 heavy (non-hydrogen) atoms. The van der Waals surface area contributed by atoms with Crippen LogP contribution in [0.4, 0.5) is 11.5 Å². The minimum atomic E-state index is 0.722. The van der Waals surface area contributed by atoms with Crippen LogP contribution in [0.5, 0.6) is 0 Å². The van der Waals surface area contributed by atoms with Gasteiger partial charge in [-0.1, -0.05) is 25.1 Å². The standard InChI is InChI=1S/C15H20N4/c1-3-12-6-8-14(9-7-12)19(2)11-13-5-4-10-17-15(13)18-16/h4-10H,3,11,16H2,1-2H3,(H,17,18). The van der Waals surface area contributed by atoms with Crippen molar-refractivity contribution in [3.05, 3.63) is 53.7 Å². The molecule has 2 aromatic rings. The number of nitrogen functional groups attached to an aromatic ring is 1. The van der Waals surface area contributed by atoms with Gasteiger partial charge in [0, 0.05) is 31.0 Å². The molecule has 4 heteroatoms. The Labute approximate surface area is 114 Å². The molecule has 1 aromatic carbocycles. The second-order valence-electron chi connectivity index (χ2n) is 4.53. The molecule has 0 spiro atoms. The van der Waals surface area contributed by atoms with Crippen molar-refractivity contribution in [2.24, 2.45) is 5.84 Å². The number of hydrazine groups is 1. The van der Waals surface area contributed by atoms with E-state index in [-0.39, 0.29) is 0 Å². The molecule has 0 aliphatic carbocycles. The van der Waals surface area contributed by atoms with Gasteiger partial charge in [0.05, 0.1) is 0 Å². The summed E-state index contributed by atoms with van der Waals surface area (Å²) in [7, 11) is 2.06. The van der Waals surface area contributed by atoms with Crippen molar-refractivity contribution in [3.8, 4) is 0 Å². The van der Waals surface area contributed by atoms with Crippen LogP contribution >= 0.6 is 0 Å². The van der Waals surface area contributed by atoms with Gasteiger partial charge in [0.1, 0.15) is 5.82 Å². The Balaban J connectivity index is 2.13. The smallest absolute Gasteiger partial charge is 0.144 e. The number of anilines is 2. The number of hydrogen-bond donors (Lipinski definition) is 2. The fourth-order valence-corrected chi connectivity index (χ4v) is 2.03. The molecule has 3 N–H and O–H groups in total.